The Morgan fingerprint density at radius 2 is 2.36 bits per heavy atom. The topological polar surface area (TPSA) is 44.8 Å². The average Bonchev–Trinajstić information content (AvgIpc) is 2.76. The Labute approximate surface area is 86.6 Å². The SMILES string of the molecule is CN(Cc1cscn1)Cc1ncc[nH]1. The minimum absolute atomic E-state index is 0.824. The van der Waals surface area contributed by atoms with Crippen LogP contribution in [0.25, 0.3) is 0 Å². The van der Waals surface area contributed by atoms with Crippen LogP contribution in [0.15, 0.2) is 23.3 Å². The van der Waals surface area contributed by atoms with Crippen LogP contribution < -0.4 is 0 Å². The summed E-state index contributed by atoms with van der Waals surface area (Å²) in [5.41, 5.74) is 2.97. The lowest BCUT2D eigenvalue weighted by atomic mass is 10.4. The number of imidazole rings is 1. The average molecular weight is 208 g/mol. The first-order valence-electron chi connectivity index (χ1n) is 4.38. The maximum atomic E-state index is 4.23. The maximum absolute atomic E-state index is 4.23. The molecule has 5 heteroatoms. The zero-order chi connectivity index (χ0) is 9.80. The van der Waals surface area contributed by atoms with Crippen molar-refractivity contribution in [2.75, 3.05) is 7.05 Å². The molecule has 2 rings (SSSR count). The van der Waals surface area contributed by atoms with E-state index >= 15 is 0 Å². The van der Waals surface area contributed by atoms with Crippen molar-refractivity contribution in [1.29, 1.82) is 0 Å². The summed E-state index contributed by atoms with van der Waals surface area (Å²) >= 11 is 1.63. The van der Waals surface area contributed by atoms with Gasteiger partial charge in [-0.15, -0.1) is 11.3 Å². The van der Waals surface area contributed by atoms with Crippen molar-refractivity contribution in [3.05, 3.63) is 34.8 Å². The number of nitrogens with zero attached hydrogens (tertiary/aromatic N) is 3. The van der Waals surface area contributed by atoms with Crippen molar-refractivity contribution >= 4 is 11.3 Å². The third-order valence-corrected chi connectivity index (χ3v) is 2.53. The van der Waals surface area contributed by atoms with Gasteiger partial charge in [0.15, 0.2) is 0 Å². The van der Waals surface area contributed by atoms with Gasteiger partial charge < -0.3 is 4.98 Å². The van der Waals surface area contributed by atoms with Crippen LogP contribution in [0.1, 0.15) is 11.5 Å². The van der Waals surface area contributed by atoms with E-state index in [1.54, 1.807) is 17.5 Å². The van der Waals surface area contributed by atoms with Gasteiger partial charge in [0, 0.05) is 24.3 Å². The second-order valence-electron chi connectivity index (χ2n) is 3.19. The highest BCUT2D eigenvalue weighted by Gasteiger charge is 2.03. The van der Waals surface area contributed by atoms with Crippen molar-refractivity contribution in [3.63, 3.8) is 0 Å². The van der Waals surface area contributed by atoms with E-state index in [0.717, 1.165) is 24.6 Å². The predicted molar refractivity (Wildman–Crippen MR) is 55.9 cm³/mol. The standard InChI is InChI=1S/C9H12N4S/c1-13(4-8-6-14-7-12-8)5-9-10-2-3-11-9/h2-3,6-7H,4-5H2,1H3,(H,10,11). The number of H-pyrrole nitrogens is 1. The minimum atomic E-state index is 0.824. The summed E-state index contributed by atoms with van der Waals surface area (Å²) in [5, 5.41) is 2.07. The highest BCUT2D eigenvalue weighted by atomic mass is 32.1. The normalized spacial score (nSPS) is 11.0. The molecule has 0 spiro atoms. The smallest absolute Gasteiger partial charge is 0.120 e. The molecule has 0 bridgehead atoms. The lowest BCUT2D eigenvalue weighted by Crippen LogP contribution is -2.18. The van der Waals surface area contributed by atoms with Crippen molar-refractivity contribution in [2.45, 2.75) is 13.1 Å². The Kier molecular flexibility index (Phi) is 2.90. The van der Waals surface area contributed by atoms with Gasteiger partial charge in [0.2, 0.25) is 0 Å². The van der Waals surface area contributed by atoms with E-state index in [0.29, 0.717) is 0 Å². The van der Waals surface area contributed by atoms with E-state index in [9.17, 15) is 0 Å². The van der Waals surface area contributed by atoms with E-state index in [2.05, 4.69) is 32.3 Å². The molecule has 74 valence electrons. The molecule has 0 unspecified atom stereocenters. The minimum Gasteiger partial charge on any atom is -0.348 e. The van der Waals surface area contributed by atoms with Gasteiger partial charge in [-0.3, -0.25) is 4.90 Å². The second-order valence-corrected chi connectivity index (χ2v) is 3.91. The first-order chi connectivity index (χ1) is 6.84. The van der Waals surface area contributed by atoms with Crippen LogP contribution in [-0.2, 0) is 13.1 Å². The van der Waals surface area contributed by atoms with E-state index in [1.807, 2.05) is 11.7 Å². The summed E-state index contributed by atoms with van der Waals surface area (Å²) in [5.74, 6) is 0.989. The molecule has 0 aliphatic heterocycles. The monoisotopic (exact) mass is 208 g/mol. The summed E-state index contributed by atoms with van der Waals surface area (Å²) in [6.07, 6.45) is 3.61. The first-order valence-corrected chi connectivity index (χ1v) is 5.33. The molecule has 0 aliphatic carbocycles. The predicted octanol–water partition coefficient (Wildman–Crippen LogP) is 1.50. The molecule has 0 amide bonds. The van der Waals surface area contributed by atoms with Crippen LogP contribution in [0, 0.1) is 0 Å². The van der Waals surface area contributed by atoms with Crippen molar-refractivity contribution in [1.82, 2.24) is 19.9 Å². The van der Waals surface area contributed by atoms with Crippen LogP contribution in [0.5, 0.6) is 0 Å². The quantitative estimate of drug-likeness (QED) is 0.828. The molecule has 1 N–H and O–H groups in total. The molecule has 4 nitrogen and oxygen atoms in total. The molecule has 0 aliphatic rings. The van der Waals surface area contributed by atoms with Gasteiger partial charge in [-0.25, -0.2) is 9.97 Å². The van der Waals surface area contributed by atoms with Gasteiger partial charge in [-0.2, -0.15) is 0 Å². The van der Waals surface area contributed by atoms with Crippen molar-refractivity contribution in [3.8, 4) is 0 Å². The third-order valence-electron chi connectivity index (χ3n) is 1.89. The Morgan fingerprint density at radius 3 is 3.00 bits per heavy atom. The van der Waals surface area contributed by atoms with Crippen LogP contribution in [0.4, 0.5) is 0 Å². The molecular formula is C9H12N4S. The first kappa shape index (κ1) is 9.36. The number of rotatable bonds is 4. The zero-order valence-electron chi connectivity index (χ0n) is 7.97. The highest BCUT2D eigenvalue weighted by Crippen LogP contribution is 2.05. The lowest BCUT2D eigenvalue weighted by molar-refractivity contribution is 0.308. The van der Waals surface area contributed by atoms with Crippen molar-refractivity contribution in [2.24, 2.45) is 0 Å². The number of hydrogen-bond acceptors (Lipinski definition) is 4. The van der Waals surface area contributed by atoms with Gasteiger partial charge in [-0.1, -0.05) is 0 Å². The molecule has 14 heavy (non-hydrogen) atoms. The Hall–Kier alpha value is -1.20. The van der Waals surface area contributed by atoms with Gasteiger partial charge in [-0.05, 0) is 7.05 Å². The zero-order valence-corrected chi connectivity index (χ0v) is 8.79. The number of aromatic amines is 1. The van der Waals surface area contributed by atoms with E-state index in [1.165, 1.54) is 0 Å². The molecule has 2 aromatic rings. The molecule has 0 fully saturated rings. The van der Waals surface area contributed by atoms with Gasteiger partial charge >= 0.3 is 0 Å². The van der Waals surface area contributed by atoms with Crippen LogP contribution in [0.3, 0.4) is 0 Å². The number of thiazole rings is 1. The molecule has 0 saturated carbocycles. The fourth-order valence-corrected chi connectivity index (χ4v) is 1.84. The highest BCUT2D eigenvalue weighted by molar-refractivity contribution is 7.07. The van der Waals surface area contributed by atoms with E-state index in [4.69, 9.17) is 0 Å². The Balaban J connectivity index is 1.88. The van der Waals surface area contributed by atoms with Crippen molar-refractivity contribution < 1.29 is 0 Å². The van der Waals surface area contributed by atoms with E-state index in [-0.39, 0.29) is 0 Å². The largest absolute Gasteiger partial charge is 0.348 e. The molecule has 0 atom stereocenters. The molecule has 0 aromatic carbocycles. The summed E-state index contributed by atoms with van der Waals surface area (Å²) in [4.78, 5) is 13.7. The maximum Gasteiger partial charge on any atom is 0.120 e. The molecule has 2 heterocycles. The van der Waals surface area contributed by atoms with E-state index < -0.39 is 0 Å². The van der Waals surface area contributed by atoms with Gasteiger partial charge in [0.05, 0.1) is 17.7 Å². The molecule has 0 saturated heterocycles. The van der Waals surface area contributed by atoms with Gasteiger partial charge in [0.25, 0.3) is 0 Å². The summed E-state index contributed by atoms with van der Waals surface area (Å²) in [7, 11) is 2.06. The molecule has 0 radical (unpaired) electrons. The summed E-state index contributed by atoms with van der Waals surface area (Å²) < 4.78 is 0. The van der Waals surface area contributed by atoms with Gasteiger partial charge in [0.1, 0.15) is 5.82 Å². The molecular weight excluding hydrogens is 196 g/mol. The number of hydrogen-bond donors (Lipinski definition) is 1. The van der Waals surface area contributed by atoms with Crippen LogP contribution in [0.2, 0.25) is 0 Å². The van der Waals surface area contributed by atoms with Crippen LogP contribution >= 0.6 is 11.3 Å². The summed E-state index contributed by atoms with van der Waals surface area (Å²) in [6.45, 7) is 1.69. The Bertz CT molecular complexity index is 318. The third kappa shape index (κ3) is 2.40. The van der Waals surface area contributed by atoms with Crippen LogP contribution in [-0.4, -0.2) is 26.9 Å². The second kappa shape index (κ2) is 4.34. The Morgan fingerprint density at radius 1 is 1.43 bits per heavy atom. The number of aromatic nitrogens is 3. The fraction of sp³-hybridized carbons (Fsp3) is 0.333. The summed E-state index contributed by atoms with van der Waals surface area (Å²) in [6, 6.07) is 0. The number of nitrogens with one attached hydrogen (secondary N) is 1. The fourth-order valence-electron chi connectivity index (χ4n) is 1.29. The molecule has 2 aromatic heterocycles. The lowest BCUT2D eigenvalue weighted by Gasteiger charge is -2.12.